The summed E-state index contributed by atoms with van der Waals surface area (Å²) in [6.45, 7) is 7.13. The molecule has 0 amide bonds. The molecule has 1 aromatic rings. The zero-order valence-corrected chi connectivity index (χ0v) is 10.9. The number of hydrogen-bond acceptors (Lipinski definition) is 1. The van der Waals surface area contributed by atoms with Crippen LogP contribution in [0.4, 0.5) is 0 Å². The largest absolute Gasteiger partial charge is 0.384 e. The molecule has 0 spiro atoms. The van der Waals surface area contributed by atoms with Crippen LogP contribution >= 0.6 is 0 Å². The van der Waals surface area contributed by atoms with Crippen LogP contribution < -0.4 is 0 Å². The summed E-state index contributed by atoms with van der Waals surface area (Å²) in [5.74, 6) is 1.42. The van der Waals surface area contributed by atoms with Crippen LogP contribution in [0.5, 0.6) is 0 Å². The van der Waals surface area contributed by atoms with E-state index in [9.17, 15) is 0 Å². The van der Waals surface area contributed by atoms with Gasteiger partial charge in [0.25, 0.3) is 0 Å². The molecule has 1 heteroatoms. The van der Waals surface area contributed by atoms with Crippen molar-refractivity contribution in [2.45, 2.75) is 19.8 Å². The van der Waals surface area contributed by atoms with E-state index in [0.29, 0.717) is 11.3 Å². The van der Waals surface area contributed by atoms with Gasteiger partial charge in [-0.05, 0) is 35.7 Å². The van der Waals surface area contributed by atoms with Crippen LogP contribution in [0.1, 0.15) is 18.9 Å². The second-order valence-corrected chi connectivity index (χ2v) is 5.36. The number of methoxy groups -OCH3 is 1. The molecule has 0 heterocycles. The average molecular weight is 230 g/mol. The third-order valence-electron chi connectivity index (χ3n) is 4.27. The molecule has 0 aromatic heterocycles. The lowest BCUT2D eigenvalue weighted by atomic mass is 9.94. The Balaban J connectivity index is 2.05. The van der Waals surface area contributed by atoms with E-state index in [1.54, 1.807) is 7.11 Å². The van der Waals surface area contributed by atoms with Gasteiger partial charge in [-0.2, -0.15) is 0 Å². The van der Waals surface area contributed by atoms with Gasteiger partial charge in [-0.25, -0.2) is 0 Å². The Morgan fingerprint density at radius 1 is 1.29 bits per heavy atom. The van der Waals surface area contributed by atoms with Gasteiger partial charge in [0.15, 0.2) is 0 Å². The minimum absolute atomic E-state index is 0.394. The van der Waals surface area contributed by atoms with Crippen molar-refractivity contribution in [3.05, 3.63) is 48.6 Å². The molecular weight excluding hydrogens is 208 g/mol. The first-order valence-electron chi connectivity index (χ1n) is 6.36. The highest BCUT2D eigenvalue weighted by molar-refractivity contribution is 5.21. The quantitative estimate of drug-likeness (QED) is 0.677. The van der Waals surface area contributed by atoms with E-state index in [-0.39, 0.29) is 0 Å². The van der Waals surface area contributed by atoms with E-state index in [1.807, 2.05) is 6.08 Å². The number of benzene rings is 1. The highest BCUT2D eigenvalue weighted by atomic mass is 16.5. The average Bonchev–Trinajstić information content (AvgIpc) is 2.86. The monoisotopic (exact) mass is 230 g/mol. The summed E-state index contributed by atoms with van der Waals surface area (Å²) >= 11 is 0. The van der Waals surface area contributed by atoms with Crippen LogP contribution in [-0.2, 0) is 11.2 Å². The van der Waals surface area contributed by atoms with Gasteiger partial charge in [-0.3, -0.25) is 0 Å². The SMILES string of the molecule is C=CC[C@@H]1[C@H](COC)[C@@]1(C)Cc1ccccc1. The fourth-order valence-corrected chi connectivity index (χ4v) is 3.16. The summed E-state index contributed by atoms with van der Waals surface area (Å²) < 4.78 is 5.34. The first-order valence-corrected chi connectivity index (χ1v) is 6.36. The summed E-state index contributed by atoms with van der Waals surface area (Å²) in [6, 6.07) is 10.8. The van der Waals surface area contributed by atoms with Gasteiger partial charge in [0.2, 0.25) is 0 Å². The number of rotatable bonds is 6. The molecule has 1 saturated carbocycles. The normalized spacial score (nSPS) is 31.2. The molecule has 17 heavy (non-hydrogen) atoms. The number of hydrogen-bond donors (Lipinski definition) is 0. The van der Waals surface area contributed by atoms with Crippen molar-refractivity contribution in [3.8, 4) is 0 Å². The summed E-state index contributed by atoms with van der Waals surface area (Å²) in [6.07, 6.45) is 4.31. The van der Waals surface area contributed by atoms with Crippen LogP contribution in [0.15, 0.2) is 43.0 Å². The van der Waals surface area contributed by atoms with E-state index in [4.69, 9.17) is 4.74 Å². The molecule has 0 aliphatic heterocycles. The Bertz CT molecular complexity index is 370. The Kier molecular flexibility index (Phi) is 3.68. The lowest BCUT2D eigenvalue weighted by Gasteiger charge is -2.12. The minimum atomic E-state index is 0.394. The second-order valence-electron chi connectivity index (χ2n) is 5.36. The fraction of sp³-hybridized carbons (Fsp3) is 0.500. The van der Waals surface area contributed by atoms with Gasteiger partial charge in [0, 0.05) is 13.7 Å². The lowest BCUT2D eigenvalue weighted by molar-refractivity contribution is 0.170. The zero-order valence-electron chi connectivity index (χ0n) is 10.9. The van der Waals surface area contributed by atoms with E-state index in [1.165, 1.54) is 5.56 Å². The van der Waals surface area contributed by atoms with E-state index in [0.717, 1.165) is 25.4 Å². The number of allylic oxidation sites excluding steroid dienone is 1. The summed E-state index contributed by atoms with van der Waals surface area (Å²) in [5.41, 5.74) is 1.83. The molecule has 0 radical (unpaired) electrons. The maximum atomic E-state index is 5.34. The molecule has 3 atom stereocenters. The molecule has 1 aromatic carbocycles. The van der Waals surface area contributed by atoms with Crippen molar-refractivity contribution >= 4 is 0 Å². The summed E-state index contributed by atoms with van der Waals surface area (Å²) in [4.78, 5) is 0. The molecule has 0 bridgehead atoms. The molecular formula is C16H22O. The van der Waals surface area contributed by atoms with Crippen LogP contribution in [0.3, 0.4) is 0 Å². The van der Waals surface area contributed by atoms with Crippen LogP contribution in [0, 0.1) is 17.3 Å². The summed E-state index contributed by atoms with van der Waals surface area (Å²) in [7, 11) is 1.80. The van der Waals surface area contributed by atoms with E-state index in [2.05, 4.69) is 43.8 Å². The van der Waals surface area contributed by atoms with Gasteiger partial charge >= 0.3 is 0 Å². The fourth-order valence-electron chi connectivity index (χ4n) is 3.16. The molecule has 1 fully saturated rings. The summed E-state index contributed by atoms with van der Waals surface area (Å²) in [5, 5.41) is 0. The predicted octanol–water partition coefficient (Wildman–Crippen LogP) is 3.70. The topological polar surface area (TPSA) is 9.23 Å². The molecule has 1 aliphatic carbocycles. The first-order chi connectivity index (χ1) is 8.22. The lowest BCUT2D eigenvalue weighted by Crippen LogP contribution is -2.07. The Morgan fingerprint density at radius 3 is 2.59 bits per heavy atom. The van der Waals surface area contributed by atoms with Crippen molar-refractivity contribution < 1.29 is 4.74 Å². The predicted molar refractivity (Wildman–Crippen MR) is 71.9 cm³/mol. The second kappa shape index (κ2) is 5.05. The van der Waals surface area contributed by atoms with Crippen molar-refractivity contribution in [3.63, 3.8) is 0 Å². The molecule has 1 aliphatic rings. The van der Waals surface area contributed by atoms with Gasteiger partial charge in [-0.1, -0.05) is 43.3 Å². The first kappa shape index (κ1) is 12.4. The molecule has 1 nitrogen and oxygen atoms in total. The highest BCUT2D eigenvalue weighted by Crippen LogP contribution is 2.62. The molecule has 0 N–H and O–H groups in total. The van der Waals surface area contributed by atoms with E-state index < -0.39 is 0 Å². The van der Waals surface area contributed by atoms with Gasteiger partial charge in [0.1, 0.15) is 0 Å². The maximum absolute atomic E-state index is 5.34. The number of ether oxygens (including phenoxy) is 1. The molecule has 92 valence electrons. The highest BCUT2D eigenvalue weighted by Gasteiger charge is 2.59. The van der Waals surface area contributed by atoms with E-state index >= 15 is 0 Å². The van der Waals surface area contributed by atoms with Crippen molar-refractivity contribution in [1.29, 1.82) is 0 Å². The van der Waals surface area contributed by atoms with Crippen LogP contribution in [-0.4, -0.2) is 13.7 Å². The smallest absolute Gasteiger partial charge is 0.0498 e. The van der Waals surface area contributed by atoms with Crippen molar-refractivity contribution in [2.24, 2.45) is 17.3 Å². The van der Waals surface area contributed by atoms with Gasteiger partial charge < -0.3 is 4.74 Å². The third kappa shape index (κ3) is 2.44. The van der Waals surface area contributed by atoms with Gasteiger partial charge in [-0.15, -0.1) is 6.58 Å². The Morgan fingerprint density at radius 2 is 2.00 bits per heavy atom. The van der Waals surface area contributed by atoms with Crippen molar-refractivity contribution in [2.75, 3.05) is 13.7 Å². The molecule has 2 rings (SSSR count). The Labute approximate surface area is 104 Å². The third-order valence-corrected chi connectivity index (χ3v) is 4.27. The molecule has 0 unspecified atom stereocenters. The van der Waals surface area contributed by atoms with Crippen LogP contribution in [0.25, 0.3) is 0 Å². The van der Waals surface area contributed by atoms with Crippen LogP contribution in [0.2, 0.25) is 0 Å². The Hall–Kier alpha value is -1.08. The minimum Gasteiger partial charge on any atom is -0.384 e. The van der Waals surface area contributed by atoms with Crippen molar-refractivity contribution in [1.82, 2.24) is 0 Å². The maximum Gasteiger partial charge on any atom is 0.0498 e. The molecule has 0 saturated heterocycles. The van der Waals surface area contributed by atoms with Gasteiger partial charge in [0.05, 0.1) is 0 Å². The standard InChI is InChI=1S/C16H22O/c1-4-8-14-15(12-17-3)16(14,2)11-13-9-6-5-7-10-13/h4-7,9-10,14-15H,1,8,11-12H2,2-3H3/t14-,15+,16+/m1/s1. The zero-order chi connectivity index (χ0) is 12.3.